The van der Waals surface area contributed by atoms with Crippen LogP contribution in [0, 0.1) is 0 Å². The van der Waals surface area contributed by atoms with Crippen LogP contribution in [0.4, 0.5) is 13.2 Å². The number of amides is 1. The number of rotatable bonds is 2. The molecule has 16 heavy (non-hydrogen) atoms. The highest BCUT2D eigenvalue weighted by Crippen LogP contribution is 2.23. The van der Waals surface area contributed by atoms with Crippen molar-refractivity contribution < 1.29 is 18.0 Å². The standard InChI is InChI=1S/C10H17F3N2O/c1-7-6-8(14)3-5-15(7)9(16)2-4-10(11,12)13/h7-8H,2-6,14H2,1H3. The fraction of sp³-hybridized carbons (Fsp3) is 0.900. The van der Waals surface area contributed by atoms with Gasteiger partial charge < -0.3 is 10.6 Å². The smallest absolute Gasteiger partial charge is 0.340 e. The molecule has 1 saturated heterocycles. The van der Waals surface area contributed by atoms with Gasteiger partial charge in [-0.2, -0.15) is 13.2 Å². The van der Waals surface area contributed by atoms with E-state index in [0.717, 1.165) is 0 Å². The van der Waals surface area contributed by atoms with Crippen LogP contribution in [0.3, 0.4) is 0 Å². The van der Waals surface area contributed by atoms with Crippen molar-refractivity contribution in [2.24, 2.45) is 5.73 Å². The first kappa shape index (κ1) is 13.3. The van der Waals surface area contributed by atoms with Crippen molar-refractivity contribution in [3.05, 3.63) is 0 Å². The molecule has 6 heteroatoms. The summed E-state index contributed by atoms with van der Waals surface area (Å²) in [6.07, 6.45) is -4.42. The van der Waals surface area contributed by atoms with E-state index < -0.39 is 24.9 Å². The lowest BCUT2D eigenvalue weighted by atomic mass is 9.98. The van der Waals surface area contributed by atoms with E-state index >= 15 is 0 Å². The van der Waals surface area contributed by atoms with Crippen LogP contribution in [0.1, 0.15) is 32.6 Å². The van der Waals surface area contributed by atoms with Crippen LogP contribution < -0.4 is 5.73 Å². The molecule has 0 aromatic carbocycles. The summed E-state index contributed by atoms with van der Waals surface area (Å²) in [4.78, 5) is 13.1. The van der Waals surface area contributed by atoms with Gasteiger partial charge in [0, 0.05) is 25.0 Å². The fourth-order valence-electron chi connectivity index (χ4n) is 1.97. The highest BCUT2D eigenvalue weighted by molar-refractivity contribution is 5.76. The molecule has 94 valence electrons. The molecule has 1 fully saturated rings. The van der Waals surface area contributed by atoms with Gasteiger partial charge in [-0.3, -0.25) is 4.79 Å². The van der Waals surface area contributed by atoms with Crippen LogP contribution in [0.15, 0.2) is 0 Å². The van der Waals surface area contributed by atoms with Gasteiger partial charge in [0.15, 0.2) is 0 Å². The van der Waals surface area contributed by atoms with Gasteiger partial charge in [-0.1, -0.05) is 0 Å². The van der Waals surface area contributed by atoms with Crippen molar-refractivity contribution in [2.45, 2.75) is 50.9 Å². The number of alkyl halides is 3. The Morgan fingerprint density at radius 3 is 2.62 bits per heavy atom. The second kappa shape index (κ2) is 5.03. The quantitative estimate of drug-likeness (QED) is 0.795. The second-order valence-corrected chi connectivity index (χ2v) is 4.34. The van der Waals surface area contributed by atoms with E-state index in [0.29, 0.717) is 19.4 Å². The lowest BCUT2D eigenvalue weighted by Crippen LogP contribution is -2.48. The molecule has 1 amide bonds. The number of carbonyl (C=O) groups is 1. The van der Waals surface area contributed by atoms with E-state index in [-0.39, 0.29) is 12.1 Å². The molecule has 3 nitrogen and oxygen atoms in total. The first-order chi connectivity index (χ1) is 7.29. The van der Waals surface area contributed by atoms with E-state index in [4.69, 9.17) is 5.73 Å². The Morgan fingerprint density at radius 2 is 2.12 bits per heavy atom. The van der Waals surface area contributed by atoms with Gasteiger partial charge >= 0.3 is 6.18 Å². The van der Waals surface area contributed by atoms with Crippen molar-refractivity contribution >= 4 is 5.91 Å². The summed E-state index contributed by atoms with van der Waals surface area (Å²) >= 11 is 0. The third-order valence-electron chi connectivity index (χ3n) is 2.86. The molecule has 1 aliphatic heterocycles. The lowest BCUT2D eigenvalue weighted by Gasteiger charge is -2.36. The van der Waals surface area contributed by atoms with E-state index in [1.54, 1.807) is 0 Å². The number of halogens is 3. The molecule has 0 aromatic heterocycles. The minimum absolute atomic E-state index is 0.0514. The third kappa shape index (κ3) is 4.00. The Morgan fingerprint density at radius 1 is 1.50 bits per heavy atom. The molecule has 1 aliphatic rings. The molecule has 2 atom stereocenters. The second-order valence-electron chi connectivity index (χ2n) is 4.34. The molecule has 0 spiro atoms. The van der Waals surface area contributed by atoms with Crippen molar-refractivity contribution in [1.82, 2.24) is 4.90 Å². The summed E-state index contributed by atoms with van der Waals surface area (Å²) in [5.74, 6) is -0.420. The van der Waals surface area contributed by atoms with Crippen molar-refractivity contribution in [3.63, 3.8) is 0 Å². The van der Waals surface area contributed by atoms with Crippen molar-refractivity contribution in [3.8, 4) is 0 Å². The zero-order valence-electron chi connectivity index (χ0n) is 9.26. The molecule has 0 bridgehead atoms. The molecule has 0 radical (unpaired) electrons. The molecule has 2 N–H and O–H groups in total. The van der Waals surface area contributed by atoms with Crippen LogP contribution in [-0.4, -0.2) is 35.6 Å². The summed E-state index contributed by atoms with van der Waals surface area (Å²) in [7, 11) is 0. The minimum atomic E-state index is -4.26. The lowest BCUT2D eigenvalue weighted by molar-refractivity contribution is -0.151. The van der Waals surface area contributed by atoms with Gasteiger partial charge in [-0.05, 0) is 19.8 Å². The molecular weight excluding hydrogens is 221 g/mol. The normalized spacial score (nSPS) is 26.9. The molecule has 1 rings (SSSR count). The number of nitrogens with two attached hydrogens (primary N) is 1. The van der Waals surface area contributed by atoms with E-state index in [1.165, 1.54) is 4.90 Å². The van der Waals surface area contributed by atoms with E-state index in [2.05, 4.69) is 0 Å². The van der Waals surface area contributed by atoms with Crippen LogP contribution >= 0.6 is 0 Å². The van der Waals surface area contributed by atoms with E-state index in [1.807, 2.05) is 6.92 Å². The summed E-state index contributed by atoms with van der Waals surface area (Å²) in [6, 6.07) is 0.00569. The monoisotopic (exact) mass is 238 g/mol. The third-order valence-corrected chi connectivity index (χ3v) is 2.86. The predicted molar refractivity (Wildman–Crippen MR) is 53.7 cm³/mol. The average molecular weight is 238 g/mol. The molecule has 2 unspecified atom stereocenters. The predicted octanol–water partition coefficient (Wildman–Crippen LogP) is 1.67. The number of piperidine rings is 1. The molecule has 0 saturated carbocycles. The summed E-state index contributed by atoms with van der Waals surface area (Å²) in [5.41, 5.74) is 5.71. The molecule has 1 heterocycles. The van der Waals surface area contributed by atoms with Gasteiger partial charge in [0.25, 0.3) is 0 Å². The van der Waals surface area contributed by atoms with Crippen LogP contribution in [0.25, 0.3) is 0 Å². The average Bonchev–Trinajstić information content (AvgIpc) is 2.13. The number of nitrogens with zero attached hydrogens (tertiary/aromatic N) is 1. The van der Waals surface area contributed by atoms with Gasteiger partial charge in [0.1, 0.15) is 0 Å². The zero-order valence-corrected chi connectivity index (χ0v) is 9.26. The topological polar surface area (TPSA) is 46.3 Å². The van der Waals surface area contributed by atoms with Crippen LogP contribution in [0.2, 0.25) is 0 Å². The highest BCUT2D eigenvalue weighted by Gasteiger charge is 2.31. The first-order valence-corrected chi connectivity index (χ1v) is 5.41. The SMILES string of the molecule is CC1CC(N)CCN1C(=O)CCC(F)(F)F. The number of hydrogen-bond donors (Lipinski definition) is 1. The van der Waals surface area contributed by atoms with Gasteiger partial charge in [-0.25, -0.2) is 0 Å². The van der Waals surface area contributed by atoms with Crippen LogP contribution in [-0.2, 0) is 4.79 Å². The Kier molecular flexibility index (Phi) is 4.18. The van der Waals surface area contributed by atoms with Gasteiger partial charge in [-0.15, -0.1) is 0 Å². The summed E-state index contributed by atoms with van der Waals surface area (Å²) < 4.78 is 35.9. The Labute approximate surface area is 92.8 Å². The number of likely N-dealkylation sites (tertiary alicyclic amines) is 1. The maximum Gasteiger partial charge on any atom is 0.389 e. The maximum atomic E-state index is 12.0. The largest absolute Gasteiger partial charge is 0.389 e. The summed E-state index contributed by atoms with van der Waals surface area (Å²) in [6.45, 7) is 2.30. The van der Waals surface area contributed by atoms with E-state index in [9.17, 15) is 18.0 Å². The van der Waals surface area contributed by atoms with Gasteiger partial charge in [0.2, 0.25) is 5.91 Å². The highest BCUT2D eigenvalue weighted by atomic mass is 19.4. The Balaban J connectivity index is 2.42. The number of carbonyl (C=O) groups excluding carboxylic acids is 1. The minimum Gasteiger partial charge on any atom is -0.340 e. The first-order valence-electron chi connectivity index (χ1n) is 5.41. The molecular formula is C10H17F3N2O. The van der Waals surface area contributed by atoms with Crippen LogP contribution in [0.5, 0.6) is 0 Å². The van der Waals surface area contributed by atoms with Crippen molar-refractivity contribution in [1.29, 1.82) is 0 Å². The Hall–Kier alpha value is -0.780. The summed E-state index contributed by atoms with van der Waals surface area (Å²) in [5, 5.41) is 0. The maximum absolute atomic E-state index is 12.0. The zero-order chi connectivity index (χ0) is 12.3. The molecule has 0 aliphatic carbocycles. The molecule has 0 aromatic rings. The van der Waals surface area contributed by atoms with Crippen molar-refractivity contribution in [2.75, 3.05) is 6.54 Å². The fourth-order valence-corrected chi connectivity index (χ4v) is 1.97. The Bertz CT molecular complexity index is 255. The number of hydrogen-bond acceptors (Lipinski definition) is 2. The van der Waals surface area contributed by atoms with Gasteiger partial charge in [0.05, 0.1) is 6.42 Å².